The van der Waals surface area contributed by atoms with Gasteiger partial charge < -0.3 is 5.73 Å². The first-order valence-corrected chi connectivity index (χ1v) is 11.5. The highest BCUT2D eigenvalue weighted by molar-refractivity contribution is 5.97. The molecule has 2 heteroatoms. The minimum atomic E-state index is 0.556. The second-order valence-electron chi connectivity index (χ2n) is 8.70. The van der Waals surface area contributed by atoms with Crippen molar-refractivity contribution in [3.8, 4) is 0 Å². The van der Waals surface area contributed by atoms with Crippen LogP contribution < -0.4 is 5.73 Å². The number of allylic oxidation sites excluding steroid dienone is 4. The van der Waals surface area contributed by atoms with Gasteiger partial charge in [-0.05, 0) is 77.8 Å². The van der Waals surface area contributed by atoms with Crippen molar-refractivity contribution < 1.29 is 0 Å². The topological polar surface area (TPSA) is 38.9 Å². The monoisotopic (exact) mass is 386 g/mol. The molecule has 1 aromatic heterocycles. The van der Waals surface area contributed by atoms with E-state index < -0.39 is 0 Å². The Bertz CT molecular complexity index is 916. The average molecular weight is 387 g/mol. The zero-order valence-corrected chi connectivity index (χ0v) is 18.0. The molecular weight excluding hydrogens is 352 g/mol. The number of hydrogen-bond acceptors (Lipinski definition) is 2. The highest BCUT2D eigenvalue weighted by Crippen LogP contribution is 2.42. The molecule has 2 nitrogen and oxygen atoms in total. The summed E-state index contributed by atoms with van der Waals surface area (Å²) in [5.74, 6) is 1.97. The molecule has 2 aromatic rings. The summed E-state index contributed by atoms with van der Waals surface area (Å²) in [6.45, 7) is 4.50. The van der Waals surface area contributed by atoms with Crippen LogP contribution in [0.5, 0.6) is 0 Å². The van der Waals surface area contributed by atoms with E-state index in [0.29, 0.717) is 11.7 Å². The van der Waals surface area contributed by atoms with E-state index in [9.17, 15) is 0 Å². The van der Waals surface area contributed by atoms with Gasteiger partial charge in [-0.1, -0.05) is 69.5 Å². The van der Waals surface area contributed by atoms with Crippen molar-refractivity contribution in [2.75, 3.05) is 5.73 Å². The van der Waals surface area contributed by atoms with Crippen LogP contribution in [0, 0.1) is 5.92 Å². The van der Waals surface area contributed by atoms with Gasteiger partial charge in [0.1, 0.15) is 5.82 Å². The Morgan fingerprint density at radius 1 is 1.07 bits per heavy atom. The van der Waals surface area contributed by atoms with E-state index in [2.05, 4.69) is 61.3 Å². The first-order valence-electron chi connectivity index (χ1n) is 11.5. The maximum absolute atomic E-state index is 6.15. The first-order chi connectivity index (χ1) is 14.2. The fourth-order valence-electron chi connectivity index (χ4n) is 5.15. The van der Waals surface area contributed by atoms with Crippen LogP contribution in [0.25, 0.3) is 11.1 Å². The molecule has 0 aliphatic heterocycles. The smallest absolute Gasteiger partial charge is 0.126 e. The number of pyridine rings is 1. The maximum atomic E-state index is 6.15. The van der Waals surface area contributed by atoms with Gasteiger partial charge in [0.05, 0.1) is 0 Å². The summed E-state index contributed by atoms with van der Waals surface area (Å²) in [6.07, 6.45) is 16.4. The SMILES string of the molecule is CCCc1cc(C2=C(c3cccc(C4CCCC4)c3)C(CC)CC=C2)cnc1N. The van der Waals surface area contributed by atoms with Crippen LogP contribution in [0.15, 0.2) is 48.7 Å². The molecule has 0 amide bonds. The summed E-state index contributed by atoms with van der Waals surface area (Å²) in [5.41, 5.74) is 14.3. The molecule has 4 rings (SSSR count). The van der Waals surface area contributed by atoms with E-state index in [0.717, 1.165) is 31.6 Å². The molecule has 1 fully saturated rings. The summed E-state index contributed by atoms with van der Waals surface area (Å²) in [7, 11) is 0. The van der Waals surface area contributed by atoms with Crippen molar-refractivity contribution >= 4 is 17.0 Å². The van der Waals surface area contributed by atoms with Crippen LogP contribution in [0.4, 0.5) is 5.82 Å². The van der Waals surface area contributed by atoms with Gasteiger partial charge in [-0.2, -0.15) is 0 Å². The largest absolute Gasteiger partial charge is 0.383 e. The quantitative estimate of drug-likeness (QED) is 0.571. The number of benzene rings is 1. The third-order valence-electron chi connectivity index (χ3n) is 6.75. The lowest BCUT2D eigenvalue weighted by molar-refractivity contribution is 0.653. The van der Waals surface area contributed by atoms with E-state index in [4.69, 9.17) is 5.73 Å². The Balaban J connectivity index is 1.82. The molecule has 1 heterocycles. The molecule has 0 bridgehead atoms. The fourth-order valence-corrected chi connectivity index (χ4v) is 5.15. The lowest BCUT2D eigenvalue weighted by atomic mass is 9.78. The van der Waals surface area contributed by atoms with Crippen LogP contribution >= 0.6 is 0 Å². The molecule has 0 radical (unpaired) electrons. The highest BCUT2D eigenvalue weighted by atomic mass is 14.8. The van der Waals surface area contributed by atoms with Crippen molar-refractivity contribution in [1.82, 2.24) is 4.98 Å². The van der Waals surface area contributed by atoms with E-state index in [1.54, 1.807) is 0 Å². The molecule has 2 N–H and O–H groups in total. The molecular formula is C27H34N2. The molecule has 152 valence electrons. The predicted molar refractivity (Wildman–Crippen MR) is 125 cm³/mol. The second kappa shape index (κ2) is 8.98. The normalized spacial score (nSPS) is 19.9. The van der Waals surface area contributed by atoms with Crippen LogP contribution in [0.3, 0.4) is 0 Å². The van der Waals surface area contributed by atoms with Gasteiger partial charge >= 0.3 is 0 Å². The highest BCUT2D eigenvalue weighted by Gasteiger charge is 2.23. The van der Waals surface area contributed by atoms with E-state index >= 15 is 0 Å². The number of aromatic nitrogens is 1. The van der Waals surface area contributed by atoms with Crippen LogP contribution in [0.2, 0.25) is 0 Å². The third kappa shape index (κ3) is 4.17. The second-order valence-corrected chi connectivity index (χ2v) is 8.70. The summed E-state index contributed by atoms with van der Waals surface area (Å²) in [4.78, 5) is 4.54. The summed E-state index contributed by atoms with van der Waals surface area (Å²) in [6, 6.07) is 11.7. The van der Waals surface area contributed by atoms with Gasteiger partial charge in [-0.25, -0.2) is 4.98 Å². The average Bonchev–Trinajstić information content (AvgIpc) is 3.30. The minimum Gasteiger partial charge on any atom is -0.383 e. The number of nitrogen functional groups attached to an aromatic ring is 1. The lowest BCUT2D eigenvalue weighted by Gasteiger charge is -2.26. The van der Waals surface area contributed by atoms with E-state index in [1.165, 1.54) is 59.1 Å². The Kier molecular flexibility index (Phi) is 6.18. The third-order valence-corrected chi connectivity index (χ3v) is 6.75. The molecule has 1 atom stereocenters. The molecule has 1 saturated carbocycles. The van der Waals surface area contributed by atoms with E-state index in [-0.39, 0.29) is 0 Å². The van der Waals surface area contributed by atoms with Crippen LogP contribution in [-0.4, -0.2) is 4.98 Å². The molecule has 29 heavy (non-hydrogen) atoms. The standard InChI is InChI=1S/C27H34N2/c1-3-9-23-17-24(18-29-27(23)28)25-15-8-12-19(4-2)26(25)22-14-7-13-21(16-22)20-10-5-6-11-20/h7-8,13-20H,3-6,9-12H2,1-2H3,(H2,28,29). The minimum absolute atomic E-state index is 0.556. The van der Waals surface area contributed by atoms with Crippen molar-refractivity contribution in [2.24, 2.45) is 5.92 Å². The molecule has 1 unspecified atom stereocenters. The van der Waals surface area contributed by atoms with Gasteiger partial charge in [0.25, 0.3) is 0 Å². The van der Waals surface area contributed by atoms with Crippen molar-refractivity contribution in [3.63, 3.8) is 0 Å². The van der Waals surface area contributed by atoms with Gasteiger partial charge in [0, 0.05) is 11.8 Å². The molecule has 2 aliphatic rings. The van der Waals surface area contributed by atoms with Gasteiger partial charge in [0.2, 0.25) is 0 Å². The lowest BCUT2D eigenvalue weighted by Crippen LogP contribution is -2.09. The molecule has 2 aliphatic carbocycles. The fraction of sp³-hybridized carbons (Fsp3) is 0.444. The number of rotatable bonds is 6. The molecule has 0 saturated heterocycles. The number of aryl methyl sites for hydroxylation is 1. The number of hydrogen-bond donors (Lipinski definition) is 1. The van der Waals surface area contributed by atoms with Crippen LogP contribution in [-0.2, 0) is 6.42 Å². The Morgan fingerprint density at radius 2 is 1.90 bits per heavy atom. The molecule has 1 aromatic carbocycles. The zero-order chi connectivity index (χ0) is 20.2. The predicted octanol–water partition coefficient (Wildman–Crippen LogP) is 7.17. The van der Waals surface area contributed by atoms with Crippen molar-refractivity contribution in [3.05, 3.63) is 70.9 Å². The number of nitrogens with two attached hydrogens (primary N) is 1. The van der Waals surface area contributed by atoms with Crippen molar-refractivity contribution in [2.45, 2.75) is 71.1 Å². The molecule has 0 spiro atoms. The Labute approximate surface area is 175 Å². The maximum Gasteiger partial charge on any atom is 0.126 e. The summed E-state index contributed by atoms with van der Waals surface area (Å²) in [5, 5.41) is 0. The van der Waals surface area contributed by atoms with Gasteiger partial charge in [-0.15, -0.1) is 0 Å². The summed E-state index contributed by atoms with van der Waals surface area (Å²) < 4.78 is 0. The van der Waals surface area contributed by atoms with E-state index in [1.807, 2.05) is 6.20 Å². The van der Waals surface area contributed by atoms with Crippen LogP contribution in [0.1, 0.15) is 87.0 Å². The van der Waals surface area contributed by atoms with Gasteiger partial charge in [-0.3, -0.25) is 0 Å². The number of nitrogens with zero attached hydrogens (tertiary/aromatic N) is 1. The van der Waals surface area contributed by atoms with Gasteiger partial charge in [0.15, 0.2) is 0 Å². The zero-order valence-electron chi connectivity index (χ0n) is 18.0. The number of anilines is 1. The Hall–Kier alpha value is -2.35. The van der Waals surface area contributed by atoms with Crippen molar-refractivity contribution in [1.29, 1.82) is 0 Å². The first kappa shape index (κ1) is 19.9. The summed E-state index contributed by atoms with van der Waals surface area (Å²) >= 11 is 0. The Morgan fingerprint density at radius 3 is 2.66 bits per heavy atom.